The largest absolute Gasteiger partial charge is 0.387 e. The second-order valence-electron chi connectivity index (χ2n) is 6.89. The lowest BCUT2D eigenvalue weighted by Gasteiger charge is -2.16. The molecule has 4 rings (SSSR count). The third-order valence-electron chi connectivity index (χ3n) is 4.86. The zero-order valence-corrected chi connectivity index (χ0v) is 17.4. The number of hydrogen-bond donors (Lipinski definition) is 3. The molecule has 3 heterocycles. The van der Waals surface area contributed by atoms with Crippen molar-refractivity contribution in [2.75, 3.05) is 11.9 Å². The molecule has 12 heteroatoms. The lowest BCUT2D eigenvalue weighted by molar-refractivity contribution is -0.0465. The minimum Gasteiger partial charge on any atom is -0.387 e. The maximum absolute atomic E-state index is 11.5. The molecule has 3 aromatic rings. The van der Waals surface area contributed by atoms with Crippen molar-refractivity contribution in [1.29, 1.82) is 0 Å². The van der Waals surface area contributed by atoms with Gasteiger partial charge in [0.25, 0.3) is 10.1 Å². The Balaban J connectivity index is 1.59. The third kappa shape index (κ3) is 4.20. The summed E-state index contributed by atoms with van der Waals surface area (Å²) in [5, 5.41) is 24.5. The highest BCUT2D eigenvalue weighted by atomic mass is 32.2. The van der Waals surface area contributed by atoms with E-state index in [4.69, 9.17) is 15.3 Å². The highest BCUT2D eigenvalue weighted by molar-refractivity contribution is 7.89. The van der Waals surface area contributed by atoms with Crippen molar-refractivity contribution in [3.8, 4) is 12.3 Å². The smallest absolute Gasteiger partial charge is 0.289 e. The van der Waals surface area contributed by atoms with Crippen molar-refractivity contribution < 1.29 is 27.6 Å². The molecule has 4 atom stereocenters. The maximum Gasteiger partial charge on any atom is 0.289 e. The Kier molecular flexibility index (Phi) is 5.92. The second-order valence-corrected chi connectivity index (χ2v) is 8.44. The number of ether oxygens (including phenoxy) is 1. The van der Waals surface area contributed by atoms with Crippen molar-refractivity contribution in [2.45, 2.75) is 24.5 Å². The molecule has 3 N–H and O–H groups in total. The lowest BCUT2D eigenvalue weighted by atomic mass is 10.1. The van der Waals surface area contributed by atoms with Crippen LogP contribution in [0, 0.1) is 12.3 Å². The molecule has 0 amide bonds. The molecule has 166 valence electrons. The first-order valence-corrected chi connectivity index (χ1v) is 10.8. The van der Waals surface area contributed by atoms with Crippen LogP contribution >= 0.6 is 0 Å². The molecule has 0 spiro atoms. The van der Waals surface area contributed by atoms with E-state index in [2.05, 4.69) is 32.8 Å². The molecule has 0 radical (unpaired) electrons. The summed E-state index contributed by atoms with van der Waals surface area (Å²) in [7, 11) is -3.96. The van der Waals surface area contributed by atoms with E-state index in [0.717, 1.165) is 0 Å². The number of nitrogens with one attached hydrogen (secondary N) is 1. The molecule has 0 saturated carbocycles. The quantitative estimate of drug-likeness (QED) is 0.341. The van der Waals surface area contributed by atoms with Gasteiger partial charge in [-0.3, -0.25) is 8.75 Å². The highest BCUT2D eigenvalue weighted by Gasteiger charge is 2.45. The number of fused-ring (bicyclic) bond motifs is 1. The van der Waals surface area contributed by atoms with E-state index in [1.807, 2.05) is 6.07 Å². The number of benzene rings is 1. The van der Waals surface area contributed by atoms with Crippen molar-refractivity contribution in [2.24, 2.45) is 0 Å². The van der Waals surface area contributed by atoms with Crippen LogP contribution in [0.1, 0.15) is 11.8 Å². The van der Waals surface area contributed by atoms with Crippen LogP contribution in [0.25, 0.3) is 11.2 Å². The van der Waals surface area contributed by atoms with Crippen molar-refractivity contribution in [3.05, 3.63) is 54.5 Å². The van der Waals surface area contributed by atoms with Crippen molar-refractivity contribution in [3.63, 3.8) is 0 Å². The van der Waals surface area contributed by atoms with Crippen molar-refractivity contribution in [1.82, 2.24) is 19.5 Å². The standard InChI is InChI=1S/C20H19N5O6S/c1-3-12-6-5-7-13(8-12)24-18-15-19(22-10-21-18)25(11-23-15)20-17(27)16(26)14(31-20)9-30-32(28,29)4-2/h1,4-8,10-11,14,16-17,20,26-27H,2,9H2,(H,21,22,24). The van der Waals surface area contributed by atoms with Gasteiger partial charge in [0.15, 0.2) is 23.2 Å². The van der Waals surface area contributed by atoms with E-state index in [0.29, 0.717) is 33.6 Å². The topological polar surface area (TPSA) is 149 Å². The normalized spacial score (nSPS) is 23.2. The van der Waals surface area contributed by atoms with Gasteiger partial charge in [-0.2, -0.15) is 8.42 Å². The molecule has 1 aliphatic heterocycles. The fourth-order valence-electron chi connectivity index (χ4n) is 3.26. The van der Waals surface area contributed by atoms with E-state index in [1.54, 1.807) is 18.2 Å². The molecule has 2 aromatic heterocycles. The monoisotopic (exact) mass is 457 g/mol. The summed E-state index contributed by atoms with van der Waals surface area (Å²) in [5.41, 5.74) is 2.10. The molecule has 11 nitrogen and oxygen atoms in total. The molecular formula is C20H19N5O6S. The lowest BCUT2D eigenvalue weighted by Crippen LogP contribution is -2.34. The number of anilines is 2. The van der Waals surface area contributed by atoms with Crippen LogP contribution in [-0.2, 0) is 19.0 Å². The summed E-state index contributed by atoms with van der Waals surface area (Å²) in [4.78, 5) is 12.7. The first-order valence-electron chi connectivity index (χ1n) is 9.37. The Morgan fingerprint density at radius 3 is 2.88 bits per heavy atom. The van der Waals surface area contributed by atoms with Crippen LogP contribution in [-0.4, -0.2) is 63.1 Å². The minimum atomic E-state index is -3.96. The van der Waals surface area contributed by atoms with Crippen LogP contribution in [0.3, 0.4) is 0 Å². The van der Waals surface area contributed by atoms with E-state index in [9.17, 15) is 18.6 Å². The predicted octanol–water partition coefficient (Wildman–Crippen LogP) is 0.660. The van der Waals surface area contributed by atoms with Gasteiger partial charge < -0.3 is 20.3 Å². The van der Waals surface area contributed by atoms with E-state index < -0.39 is 41.3 Å². The van der Waals surface area contributed by atoms with Gasteiger partial charge in [-0.15, -0.1) is 6.42 Å². The SMILES string of the molecule is C#Cc1cccc(Nc2ncnc3c2ncn3C2OC(COS(=O)(=O)C=C)C(O)C2O)c1. The fraction of sp³-hybridized carbons (Fsp3) is 0.250. The number of aliphatic hydroxyl groups excluding tert-OH is 2. The summed E-state index contributed by atoms with van der Waals surface area (Å²) in [5.74, 6) is 2.95. The van der Waals surface area contributed by atoms with Crippen LogP contribution in [0.15, 0.2) is 48.9 Å². The summed E-state index contributed by atoms with van der Waals surface area (Å²) < 4.78 is 34.7. The molecule has 1 fully saturated rings. The Morgan fingerprint density at radius 2 is 2.12 bits per heavy atom. The summed E-state index contributed by atoms with van der Waals surface area (Å²) in [6.07, 6.45) is 3.16. The van der Waals surface area contributed by atoms with E-state index in [1.165, 1.54) is 17.2 Å². The zero-order chi connectivity index (χ0) is 22.9. The highest BCUT2D eigenvalue weighted by Crippen LogP contribution is 2.33. The van der Waals surface area contributed by atoms with Gasteiger partial charge in [0, 0.05) is 11.3 Å². The van der Waals surface area contributed by atoms with Crippen LogP contribution in [0.2, 0.25) is 0 Å². The van der Waals surface area contributed by atoms with Gasteiger partial charge in [-0.1, -0.05) is 18.6 Å². The van der Waals surface area contributed by atoms with Crippen LogP contribution in [0.4, 0.5) is 11.5 Å². The summed E-state index contributed by atoms with van der Waals surface area (Å²) >= 11 is 0. The third-order valence-corrected chi connectivity index (χ3v) is 5.74. The van der Waals surface area contributed by atoms with Crippen LogP contribution in [0.5, 0.6) is 0 Å². The van der Waals surface area contributed by atoms with Gasteiger partial charge >= 0.3 is 0 Å². The van der Waals surface area contributed by atoms with E-state index >= 15 is 0 Å². The summed E-state index contributed by atoms with van der Waals surface area (Å²) in [6, 6.07) is 7.17. The molecular weight excluding hydrogens is 438 g/mol. The van der Waals surface area contributed by atoms with E-state index in [-0.39, 0.29) is 0 Å². The predicted molar refractivity (Wildman–Crippen MR) is 114 cm³/mol. The number of nitrogens with zero attached hydrogens (tertiary/aromatic N) is 4. The zero-order valence-electron chi connectivity index (χ0n) is 16.6. The molecule has 0 bridgehead atoms. The number of rotatable bonds is 7. The molecule has 1 aliphatic rings. The van der Waals surface area contributed by atoms with Gasteiger partial charge in [0.2, 0.25) is 0 Å². The average molecular weight is 457 g/mol. The van der Waals surface area contributed by atoms with Gasteiger partial charge in [-0.05, 0) is 18.2 Å². The van der Waals surface area contributed by atoms with Crippen molar-refractivity contribution >= 4 is 32.8 Å². The second kappa shape index (κ2) is 8.65. The molecule has 1 saturated heterocycles. The maximum atomic E-state index is 11.5. The molecule has 32 heavy (non-hydrogen) atoms. The first kappa shape index (κ1) is 21.9. The molecule has 0 aliphatic carbocycles. The van der Waals surface area contributed by atoms with Gasteiger partial charge in [-0.25, -0.2) is 15.0 Å². The number of imidazole rings is 1. The Bertz CT molecular complexity index is 1300. The Hall–Kier alpha value is -3.34. The summed E-state index contributed by atoms with van der Waals surface area (Å²) in [6.45, 7) is 2.64. The average Bonchev–Trinajstić information content (AvgIpc) is 3.34. The van der Waals surface area contributed by atoms with Crippen LogP contribution < -0.4 is 5.32 Å². The first-order chi connectivity index (χ1) is 15.3. The Morgan fingerprint density at radius 1 is 1.31 bits per heavy atom. The molecule has 4 unspecified atom stereocenters. The van der Waals surface area contributed by atoms with Gasteiger partial charge in [0.05, 0.1) is 18.3 Å². The Labute approximate surface area is 183 Å². The molecule has 1 aromatic carbocycles. The fourth-order valence-corrected chi connectivity index (χ4v) is 3.68. The number of hydrogen-bond acceptors (Lipinski definition) is 10. The number of aliphatic hydroxyl groups is 2. The number of aromatic nitrogens is 4. The van der Waals surface area contributed by atoms with Gasteiger partial charge in [0.1, 0.15) is 24.6 Å². The minimum absolute atomic E-state index is 0.326. The number of terminal acetylenes is 1.